The zero-order chi connectivity index (χ0) is 7.28. The van der Waals surface area contributed by atoms with Gasteiger partial charge in [-0.2, -0.15) is 0 Å². The Morgan fingerprint density at radius 1 is 1.11 bits per heavy atom. The Kier molecular flexibility index (Phi) is 5.68. The molecule has 0 heterocycles. The van der Waals surface area contributed by atoms with E-state index in [9.17, 15) is 0 Å². The van der Waals surface area contributed by atoms with Crippen LogP contribution in [0, 0.1) is 5.92 Å². The van der Waals surface area contributed by atoms with Gasteiger partial charge in [0, 0.05) is 0 Å². The molecule has 2 radical (unpaired) electrons. The molecule has 54 valence electrons. The van der Waals surface area contributed by atoms with Crippen molar-refractivity contribution < 1.29 is 0 Å². The van der Waals surface area contributed by atoms with Gasteiger partial charge in [-0.3, -0.25) is 0 Å². The Hall–Kier alpha value is 0.558. The summed E-state index contributed by atoms with van der Waals surface area (Å²) in [6.45, 7) is 9.28. The first-order valence-electron chi connectivity index (χ1n) is 3.79. The van der Waals surface area contributed by atoms with Crippen LogP contribution in [0.5, 0.6) is 0 Å². The van der Waals surface area contributed by atoms with E-state index < -0.39 is 0 Å². The molecule has 9 heavy (non-hydrogen) atoms. The van der Waals surface area contributed by atoms with E-state index >= 15 is 0 Å². The number of hydrogen-bond donors (Lipinski definition) is 0. The SMILES string of the molecule is CC(C)CC[As+]C(C)C. The summed E-state index contributed by atoms with van der Waals surface area (Å²) < 4.78 is 0.986. The molecule has 0 bridgehead atoms. The third-order valence-corrected chi connectivity index (χ3v) is 3.82. The van der Waals surface area contributed by atoms with Gasteiger partial charge in [-0.25, -0.2) is 0 Å². The van der Waals surface area contributed by atoms with Gasteiger partial charge in [-0.1, -0.05) is 0 Å². The molecule has 0 N–H and O–H groups in total. The van der Waals surface area contributed by atoms with E-state index in [2.05, 4.69) is 27.7 Å². The molecule has 0 nitrogen and oxygen atoms in total. The van der Waals surface area contributed by atoms with Crippen LogP contribution in [-0.2, 0) is 0 Å². The summed E-state index contributed by atoms with van der Waals surface area (Å²) in [7, 11) is 0. The fraction of sp³-hybridized carbons (Fsp3) is 1.00. The van der Waals surface area contributed by atoms with Gasteiger partial charge >= 0.3 is 65.7 Å². The van der Waals surface area contributed by atoms with Crippen molar-refractivity contribution in [1.82, 2.24) is 0 Å². The molecule has 0 fully saturated rings. The summed E-state index contributed by atoms with van der Waals surface area (Å²) >= 11 is 0.660. The first kappa shape index (κ1) is 9.56. The van der Waals surface area contributed by atoms with Crippen LogP contribution in [-0.4, -0.2) is 15.8 Å². The molecule has 0 aliphatic carbocycles. The molecular weight excluding hydrogens is 171 g/mol. The quantitative estimate of drug-likeness (QED) is 0.596. The summed E-state index contributed by atoms with van der Waals surface area (Å²) in [6.07, 6.45) is 1.44. The number of hydrogen-bond acceptors (Lipinski definition) is 0. The fourth-order valence-corrected chi connectivity index (χ4v) is 3.07. The monoisotopic (exact) mass is 189 g/mol. The molecular formula is C8H18As+. The Balaban J connectivity index is 2.91. The average molecular weight is 189 g/mol. The van der Waals surface area contributed by atoms with E-state index in [4.69, 9.17) is 0 Å². The molecule has 0 aromatic rings. The zero-order valence-electron chi connectivity index (χ0n) is 7.02. The van der Waals surface area contributed by atoms with Crippen molar-refractivity contribution in [1.29, 1.82) is 0 Å². The van der Waals surface area contributed by atoms with E-state index in [-0.39, 0.29) is 0 Å². The molecule has 0 aromatic carbocycles. The molecule has 0 spiro atoms. The van der Waals surface area contributed by atoms with Crippen LogP contribution >= 0.6 is 0 Å². The Morgan fingerprint density at radius 2 is 1.67 bits per heavy atom. The third kappa shape index (κ3) is 8.56. The van der Waals surface area contributed by atoms with Crippen LogP contribution in [0.4, 0.5) is 0 Å². The van der Waals surface area contributed by atoms with E-state index in [1.165, 1.54) is 11.6 Å². The van der Waals surface area contributed by atoms with E-state index in [1.807, 2.05) is 0 Å². The normalized spacial score (nSPS) is 12.7. The molecule has 0 aromatic heterocycles. The van der Waals surface area contributed by atoms with Gasteiger partial charge in [0.25, 0.3) is 0 Å². The van der Waals surface area contributed by atoms with Gasteiger partial charge in [0.15, 0.2) is 0 Å². The second-order valence-corrected chi connectivity index (χ2v) is 7.05. The van der Waals surface area contributed by atoms with Crippen LogP contribution in [0.15, 0.2) is 0 Å². The first-order valence-corrected chi connectivity index (χ1v) is 6.20. The second-order valence-electron chi connectivity index (χ2n) is 3.18. The first-order chi connectivity index (χ1) is 4.13. The number of rotatable bonds is 4. The molecule has 1 heteroatoms. The van der Waals surface area contributed by atoms with Crippen LogP contribution in [0.25, 0.3) is 0 Å². The average Bonchev–Trinajstić information content (AvgIpc) is 1.63. The van der Waals surface area contributed by atoms with Crippen LogP contribution in [0.3, 0.4) is 0 Å². The van der Waals surface area contributed by atoms with Gasteiger partial charge in [0.05, 0.1) is 0 Å². The predicted molar refractivity (Wildman–Crippen MR) is 45.1 cm³/mol. The van der Waals surface area contributed by atoms with Crippen LogP contribution in [0.2, 0.25) is 9.91 Å². The maximum atomic E-state index is 2.33. The summed E-state index contributed by atoms with van der Waals surface area (Å²) in [5.41, 5.74) is 0. The fourth-order valence-electron chi connectivity index (χ4n) is 0.591. The van der Waals surface area contributed by atoms with Crippen molar-refractivity contribution in [3.63, 3.8) is 0 Å². The predicted octanol–water partition coefficient (Wildman–Crippen LogP) is 2.98. The molecule has 0 rings (SSSR count). The maximum absolute atomic E-state index is 2.33. The minimum absolute atomic E-state index is 0.660. The zero-order valence-corrected chi connectivity index (χ0v) is 8.89. The van der Waals surface area contributed by atoms with Crippen molar-refractivity contribution in [3.05, 3.63) is 0 Å². The van der Waals surface area contributed by atoms with Gasteiger partial charge in [0.2, 0.25) is 0 Å². The second kappa shape index (κ2) is 5.35. The molecule has 0 unspecified atom stereocenters. The van der Waals surface area contributed by atoms with Crippen molar-refractivity contribution >= 4 is 15.8 Å². The van der Waals surface area contributed by atoms with Crippen molar-refractivity contribution in [2.75, 3.05) is 0 Å². The summed E-state index contributed by atoms with van der Waals surface area (Å²) in [6, 6.07) is 0. The van der Waals surface area contributed by atoms with Crippen LogP contribution < -0.4 is 0 Å². The molecule has 0 saturated carbocycles. The standard InChI is InChI=1S/C8H18As/c1-7(2)5-6-9-8(3)4/h7-8H,5-6H2,1-4H3/q+1. The minimum atomic E-state index is 0.660. The summed E-state index contributed by atoms with van der Waals surface area (Å²) in [4.78, 5) is 0. The van der Waals surface area contributed by atoms with Gasteiger partial charge in [0.1, 0.15) is 0 Å². The van der Waals surface area contributed by atoms with Gasteiger partial charge < -0.3 is 0 Å². The molecule has 0 saturated heterocycles. The van der Waals surface area contributed by atoms with Gasteiger partial charge in [-0.05, 0) is 0 Å². The van der Waals surface area contributed by atoms with Crippen molar-refractivity contribution in [2.24, 2.45) is 5.92 Å². The molecule has 0 aliphatic rings. The Bertz CT molecular complexity index is 49.6. The summed E-state index contributed by atoms with van der Waals surface area (Å²) in [5, 5.41) is 1.51. The molecule has 0 aliphatic heterocycles. The third-order valence-electron chi connectivity index (χ3n) is 1.20. The summed E-state index contributed by atoms with van der Waals surface area (Å²) in [5.74, 6) is 0.916. The van der Waals surface area contributed by atoms with Crippen molar-refractivity contribution in [3.8, 4) is 0 Å². The van der Waals surface area contributed by atoms with E-state index in [1.54, 1.807) is 0 Å². The topological polar surface area (TPSA) is 0 Å². The molecule has 0 amide bonds. The van der Waals surface area contributed by atoms with Crippen molar-refractivity contribution in [2.45, 2.75) is 44.0 Å². The molecule has 0 atom stereocenters. The van der Waals surface area contributed by atoms with E-state index in [0.29, 0.717) is 15.8 Å². The van der Waals surface area contributed by atoms with Crippen LogP contribution in [0.1, 0.15) is 34.1 Å². The van der Waals surface area contributed by atoms with E-state index in [0.717, 1.165) is 10.6 Å². The Labute approximate surface area is 66.1 Å². The Morgan fingerprint density at radius 3 is 2.00 bits per heavy atom. The van der Waals surface area contributed by atoms with Gasteiger partial charge in [-0.15, -0.1) is 0 Å².